The quantitative estimate of drug-likeness (QED) is 0.576. The number of amides is 2. The highest BCUT2D eigenvalue weighted by Gasteiger charge is 2.65. The van der Waals surface area contributed by atoms with E-state index in [4.69, 9.17) is 4.74 Å². The molecule has 4 atom stereocenters. The Morgan fingerprint density at radius 3 is 2.20 bits per heavy atom. The zero-order chi connectivity index (χ0) is 25.0. The number of hydrogen-bond acceptors (Lipinski definition) is 4. The molecule has 0 heterocycles. The van der Waals surface area contributed by atoms with Crippen molar-refractivity contribution in [3.05, 3.63) is 59.7 Å². The molecular formula is C28H32N2O5. The molecule has 0 saturated heterocycles. The number of carbonyl (C=O) groups is 3. The number of benzene rings is 2. The number of nitrogens with one attached hydrogen (secondary N) is 2. The van der Waals surface area contributed by atoms with Gasteiger partial charge in [0.1, 0.15) is 12.6 Å². The Hall–Kier alpha value is -3.35. The molecule has 0 unspecified atom stereocenters. The molecular weight excluding hydrogens is 444 g/mol. The number of alkyl carbamates (subject to hydrolysis) is 1. The highest BCUT2D eigenvalue weighted by molar-refractivity contribution is 5.90. The second-order valence-corrected chi connectivity index (χ2v) is 11.3. The van der Waals surface area contributed by atoms with E-state index in [0.717, 1.165) is 17.5 Å². The summed E-state index contributed by atoms with van der Waals surface area (Å²) < 4.78 is 5.66. The van der Waals surface area contributed by atoms with Crippen molar-refractivity contribution in [2.45, 2.75) is 58.0 Å². The molecule has 2 fully saturated rings. The summed E-state index contributed by atoms with van der Waals surface area (Å²) in [5.41, 5.74) is 3.49. The predicted molar refractivity (Wildman–Crippen MR) is 131 cm³/mol. The lowest BCUT2D eigenvalue weighted by molar-refractivity contribution is -0.146. The first-order valence-corrected chi connectivity index (χ1v) is 12.3. The minimum atomic E-state index is -1.04. The minimum absolute atomic E-state index is 0.00685. The summed E-state index contributed by atoms with van der Waals surface area (Å²) in [5, 5.41) is 15.2. The van der Waals surface area contributed by atoms with Crippen LogP contribution in [0.1, 0.15) is 57.1 Å². The van der Waals surface area contributed by atoms with Gasteiger partial charge in [-0.2, -0.15) is 0 Å². The summed E-state index contributed by atoms with van der Waals surface area (Å²) in [7, 11) is 0. The van der Waals surface area contributed by atoms with Crippen molar-refractivity contribution in [3.8, 4) is 11.1 Å². The Kier molecular flexibility index (Phi) is 5.61. The Balaban J connectivity index is 1.18. The van der Waals surface area contributed by atoms with Crippen LogP contribution in [0.25, 0.3) is 11.1 Å². The normalized spacial score (nSPS) is 25.1. The van der Waals surface area contributed by atoms with Crippen LogP contribution in [0.2, 0.25) is 0 Å². The lowest BCUT2D eigenvalue weighted by atomic mass is 9.86. The monoisotopic (exact) mass is 476 g/mol. The van der Waals surface area contributed by atoms with E-state index in [9.17, 15) is 19.5 Å². The number of carbonyl (C=O) groups excluding carboxylic acids is 2. The lowest BCUT2D eigenvalue weighted by Gasteiger charge is -2.29. The van der Waals surface area contributed by atoms with Gasteiger partial charge in [-0.1, -0.05) is 69.3 Å². The lowest BCUT2D eigenvalue weighted by Crippen LogP contribution is -2.51. The fraction of sp³-hybridized carbons (Fsp3) is 0.464. The van der Waals surface area contributed by atoms with E-state index in [0.29, 0.717) is 12.8 Å². The van der Waals surface area contributed by atoms with Crippen LogP contribution in [0.5, 0.6) is 0 Å². The fourth-order valence-electron chi connectivity index (χ4n) is 6.02. The molecule has 35 heavy (non-hydrogen) atoms. The van der Waals surface area contributed by atoms with E-state index in [1.807, 2.05) is 24.3 Å². The summed E-state index contributed by atoms with van der Waals surface area (Å²) >= 11 is 0. The summed E-state index contributed by atoms with van der Waals surface area (Å²) in [5.74, 6) is -1.10. The van der Waals surface area contributed by atoms with Crippen LogP contribution < -0.4 is 10.6 Å². The number of rotatable bonds is 6. The highest BCUT2D eigenvalue weighted by atomic mass is 16.5. The first-order chi connectivity index (χ1) is 16.6. The van der Waals surface area contributed by atoms with Crippen molar-refractivity contribution in [2.24, 2.45) is 16.7 Å². The van der Waals surface area contributed by atoms with E-state index < -0.39 is 28.9 Å². The van der Waals surface area contributed by atoms with Gasteiger partial charge >= 0.3 is 12.1 Å². The van der Waals surface area contributed by atoms with Gasteiger partial charge in [-0.05, 0) is 52.8 Å². The van der Waals surface area contributed by atoms with E-state index in [1.54, 1.807) is 20.8 Å². The Morgan fingerprint density at radius 2 is 1.63 bits per heavy atom. The smallest absolute Gasteiger partial charge is 0.407 e. The zero-order valence-electron chi connectivity index (χ0n) is 20.3. The molecule has 0 aliphatic heterocycles. The third-order valence-corrected chi connectivity index (χ3v) is 7.92. The van der Waals surface area contributed by atoms with Gasteiger partial charge in [0.25, 0.3) is 0 Å². The van der Waals surface area contributed by atoms with E-state index >= 15 is 0 Å². The van der Waals surface area contributed by atoms with Gasteiger partial charge in [0.2, 0.25) is 5.91 Å². The van der Waals surface area contributed by atoms with Crippen molar-refractivity contribution in [3.63, 3.8) is 0 Å². The Labute approximate surface area is 205 Å². The van der Waals surface area contributed by atoms with Crippen LogP contribution in [-0.4, -0.2) is 41.8 Å². The van der Waals surface area contributed by atoms with Crippen LogP contribution >= 0.6 is 0 Å². The minimum Gasteiger partial charge on any atom is -0.480 e. The van der Waals surface area contributed by atoms with Crippen molar-refractivity contribution in [1.82, 2.24) is 10.6 Å². The Morgan fingerprint density at radius 1 is 1.03 bits per heavy atom. The molecule has 0 spiro atoms. The number of carboxylic acid groups (broad SMARTS) is 1. The van der Waals surface area contributed by atoms with E-state index in [2.05, 4.69) is 34.9 Å². The second-order valence-electron chi connectivity index (χ2n) is 11.3. The highest BCUT2D eigenvalue weighted by Crippen LogP contribution is 2.63. The number of ether oxygens (including phenoxy) is 1. The summed E-state index contributed by atoms with van der Waals surface area (Å²) in [4.78, 5) is 37.3. The predicted octanol–water partition coefficient (Wildman–Crippen LogP) is 4.31. The van der Waals surface area contributed by atoms with E-state index in [1.165, 1.54) is 11.1 Å². The molecule has 2 aromatic rings. The number of aliphatic carboxylic acids is 1. The Bertz CT molecular complexity index is 1140. The third kappa shape index (κ3) is 4.17. The van der Waals surface area contributed by atoms with Gasteiger partial charge in [-0.15, -0.1) is 0 Å². The van der Waals surface area contributed by atoms with Crippen LogP contribution in [-0.2, 0) is 14.3 Å². The van der Waals surface area contributed by atoms with Gasteiger partial charge < -0.3 is 20.5 Å². The van der Waals surface area contributed by atoms with Crippen molar-refractivity contribution < 1.29 is 24.2 Å². The van der Waals surface area contributed by atoms with Crippen molar-refractivity contribution >= 4 is 18.0 Å². The van der Waals surface area contributed by atoms with E-state index in [-0.39, 0.29) is 30.4 Å². The fourth-order valence-corrected chi connectivity index (χ4v) is 6.02. The molecule has 5 rings (SSSR count). The third-order valence-electron chi connectivity index (χ3n) is 7.92. The topological polar surface area (TPSA) is 105 Å². The zero-order valence-corrected chi connectivity index (χ0v) is 20.3. The molecule has 2 saturated carbocycles. The molecule has 3 aliphatic rings. The average molecular weight is 477 g/mol. The summed E-state index contributed by atoms with van der Waals surface area (Å²) in [6.07, 6.45) is 1.46. The maximum Gasteiger partial charge on any atom is 0.407 e. The molecule has 7 nitrogen and oxygen atoms in total. The van der Waals surface area contributed by atoms with Crippen molar-refractivity contribution in [1.29, 1.82) is 0 Å². The summed E-state index contributed by atoms with van der Waals surface area (Å²) in [6.45, 7) is 5.63. The molecule has 7 heteroatoms. The van der Waals surface area contributed by atoms with Crippen LogP contribution in [0, 0.1) is 16.7 Å². The first kappa shape index (κ1) is 23.4. The molecule has 184 valence electrons. The van der Waals surface area contributed by atoms with Gasteiger partial charge in [0.15, 0.2) is 0 Å². The molecule has 2 aromatic carbocycles. The van der Waals surface area contributed by atoms with Gasteiger partial charge in [0.05, 0.1) is 5.41 Å². The maximum absolute atomic E-state index is 13.0. The first-order valence-electron chi connectivity index (χ1n) is 12.3. The van der Waals surface area contributed by atoms with Crippen molar-refractivity contribution in [2.75, 3.05) is 6.61 Å². The number of fused-ring (bicyclic) bond motifs is 4. The number of hydrogen-bond donors (Lipinski definition) is 3. The molecule has 3 N–H and O–H groups in total. The summed E-state index contributed by atoms with van der Waals surface area (Å²) in [6, 6.07) is 15.3. The molecule has 0 radical (unpaired) electrons. The second kappa shape index (κ2) is 8.40. The average Bonchev–Trinajstić information content (AvgIpc) is 3.23. The maximum atomic E-state index is 13.0. The standard InChI is InChI=1S/C28H32N2O5/c1-27(2,3)23(24(31)32)30-25(33)28-13-16(28)12-17(14-28)29-26(34)35-15-22-20-10-6-4-8-18(20)19-9-5-7-11-21(19)22/h4-11,16-17,22-23H,12-15H2,1-3H3,(H,29,34)(H,30,33)(H,31,32)/t16-,17+,23-,28+/m1/s1. The number of carboxylic acids is 1. The van der Waals surface area contributed by atoms with Crippen LogP contribution in [0.4, 0.5) is 4.79 Å². The molecule has 3 aliphatic carbocycles. The van der Waals surface area contributed by atoms with Gasteiger partial charge in [0, 0.05) is 12.0 Å². The largest absolute Gasteiger partial charge is 0.480 e. The van der Waals surface area contributed by atoms with Crippen LogP contribution in [0.15, 0.2) is 48.5 Å². The van der Waals surface area contributed by atoms with Crippen LogP contribution in [0.3, 0.4) is 0 Å². The van der Waals surface area contributed by atoms with Gasteiger partial charge in [-0.25, -0.2) is 9.59 Å². The van der Waals surface area contributed by atoms with Gasteiger partial charge in [-0.3, -0.25) is 4.79 Å². The molecule has 2 amide bonds. The molecule has 0 bridgehead atoms. The molecule has 0 aromatic heterocycles. The SMILES string of the molecule is CC(C)(C)[C@H](NC(=O)[C@@]12C[C@@H](NC(=O)OCC3c4ccccc4-c4ccccc43)C[C@@H]1C2)C(=O)O.